The molecule has 4 nitrogen and oxygen atoms in total. The first-order valence-electron chi connectivity index (χ1n) is 6.31. The number of aromatic nitrogens is 2. The van der Waals surface area contributed by atoms with Gasteiger partial charge in [-0.1, -0.05) is 29.8 Å². The van der Waals surface area contributed by atoms with E-state index < -0.39 is 0 Å². The van der Waals surface area contributed by atoms with Crippen LogP contribution in [0.2, 0.25) is 5.02 Å². The molecule has 3 rings (SSSR count). The van der Waals surface area contributed by atoms with Crippen LogP contribution in [0, 0.1) is 6.92 Å². The van der Waals surface area contributed by atoms with Gasteiger partial charge < -0.3 is 0 Å². The molecule has 0 aliphatic carbocycles. The highest BCUT2D eigenvalue weighted by Crippen LogP contribution is 2.28. The molecule has 0 saturated carbocycles. The molecule has 104 valence electrons. The summed E-state index contributed by atoms with van der Waals surface area (Å²) in [5.41, 5.74) is 5.89. The van der Waals surface area contributed by atoms with Gasteiger partial charge in [0.1, 0.15) is 0 Å². The van der Waals surface area contributed by atoms with Crippen molar-refractivity contribution >= 4 is 27.9 Å². The van der Waals surface area contributed by atoms with E-state index >= 15 is 0 Å². The number of hydrogen-bond acceptors (Lipinski definition) is 4. The van der Waals surface area contributed by atoms with Crippen LogP contribution >= 0.6 is 22.9 Å². The highest BCUT2D eigenvalue weighted by atomic mass is 35.5. The molecule has 2 aromatic heterocycles. The first-order valence-corrected chi connectivity index (χ1v) is 7.57. The molecular weight excluding hydrogens is 292 g/mol. The fourth-order valence-corrected chi connectivity index (χ4v) is 3.26. The van der Waals surface area contributed by atoms with Crippen LogP contribution < -0.4 is 11.3 Å². The van der Waals surface area contributed by atoms with E-state index in [-0.39, 0.29) is 6.04 Å². The predicted molar refractivity (Wildman–Crippen MR) is 83.0 cm³/mol. The van der Waals surface area contributed by atoms with Gasteiger partial charge in [-0.2, -0.15) is 0 Å². The van der Waals surface area contributed by atoms with Gasteiger partial charge in [0.15, 0.2) is 4.96 Å². The van der Waals surface area contributed by atoms with E-state index in [0.717, 1.165) is 26.8 Å². The van der Waals surface area contributed by atoms with Crippen LogP contribution in [0.3, 0.4) is 0 Å². The molecule has 1 aromatic carbocycles. The molecule has 1 unspecified atom stereocenters. The number of rotatable bonds is 4. The lowest BCUT2D eigenvalue weighted by Crippen LogP contribution is -2.30. The minimum Gasteiger partial charge on any atom is -0.297 e. The molecule has 6 heteroatoms. The van der Waals surface area contributed by atoms with Gasteiger partial charge >= 0.3 is 0 Å². The van der Waals surface area contributed by atoms with Crippen LogP contribution in [0.25, 0.3) is 4.96 Å². The molecule has 20 heavy (non-hydrogen) atoms. The Morgan fingerprint density at radius 3 is 3.10 bits per heavy atom. The molecule has 0 saturated heterocycles. The molecule has 0 radical (unpaired) electrons. The van der Waals surface area contributed by atoms with Gasteiger partial charge in [-0.25, -0.2) is 4.98 Å². The Kier molecular flexibility index (Phi) is 3.76. The molecule has 0 amide bonds. The van der Waals surface area contributed by atoms with Crippen LogP contribution in [-0.4, -0.2) is 9.38 Å². The van der Waals surface area contributed by atoms with Crippen molar-refractivity contribution in [2.24, 2.45) is 5.84 Å². The maximum Gasteiger partial charge on any atom is 0.193 e. The number of aryl methyl sites for hydroxylation is 1. The first kappa shape index (κ1) is 13.6. The van der Waals surface area contributed by atoms with Crippen molar-refractivity contribution in [3.8, 4) is 0 Å². The van der Waals surface area contributed by atoms with Crippen molar-refractivity contribution in [1.82, 2.24) is 14.8 Å². The molecule has 1 atom stereocenters. The summed E-state index contributed by atoms with van der Waals surface area (Å²) < 4.78 is 2.02. The van der Waals surface area contributed by atoms with E-state index in [1.54, 1.807) is 11.3 Å². The number of nitrogens with two attached hydrogens (primary N) is 1. The highest BCUT2D eigenvalue weighted by molar-refractivity contribution is 7.15. The summed E-state index contributed by atoms with van der Waals surface area (Å²) in [6.45, 7) is 1.99. The van der Waals surface area contributed by atoms with Crippen molar-refractivity contribution in [3.05, 3.63) is 57.8 Å². The van der Waals surface area contributed by atoms with Crippen LogP contribution in [0.1, 0.15) is 22.9 Å². The monoisotopic (exact) mass is 306 g/mol. The van der Waals surface area contributed by atoms with E-state index in [9.17, 15) is 0 Å². The normalized spacial score (nSPS) is 12.9. The first-order chi connectivity index (χ1) is 9.69. The van der Waals surface area contributed by atoms with E-state index in [4.69, 9.17) is 17.4 Å². The maximum atomic E-state index is 6.37. The van der Waals surface area contributed by atoms with E-state index in [1.165, 1.54) is 0 Å². The molecule has 3 N–H and O–H groups in total. The molecule has 0 spiro atoms. The van der Waals surface area contributed by atoms with Crippen molar-refractivity contribution in [3.63, 3.8) is 0 Å². The molecule has 0 fully saturated rings. The summed E-state index contributed by atoms with van der Waals surface area (Å²) in [6.07, 6.45) is 4.73. The molecule has 0 aliphatic rings. The Morgan fingerprint density at radius 1 is 1.50 bits per heavy atom. The third-order valence-corrected chi connectivity index (χ3v) is 4.64. The Morgan fingerprint density at radius 2 is 2.35 bits per heavy atom. The maximum absolute atomic E-state index is 6.37. The second-order valence-electron chi connectivity index (χ2n) is 4.73. The van der Waals surface area contributed by atoms with Gasteiger partial charge in [0.2, 0.25) is 0 Å². The average Bonchev–Trinajstić information content (AvgIpc) is 3.00. The number of imidazole rings is 1. The van der Waals surface area contributed by atoms with Crippen molar-refractivity contribution in [1.29, 1.82) is 0 Å². The van der Waals surface area contributed by atoms with E-state index in [2.05, 4.69) is 10.4 Å². The lowest BCUT2D eigenvalue weighted by molar-refractivity contribution is 0.547. The standard InChI is InChI=1S/C14H15ClN4S/c1-9-3-2-4-11(13(9)15)12(18-16)7-10-8-19-5-6-20-14(19)17-10/h2-6,8,12,18H,7,16H2,1H3. The van der Waals surface area contributed by atoms with E-state index in [0.29, 0.717) is 6.42 Å². The second kappa shape index (κ2) is 5.54. The van der Waals surface area contributed by atoms with Gasteiger partial charge in [-0.15, -0.1) is 11.3 Å². The predicted octanol–water partition coefficient (Wildman–Crippen LogP) is 3.10. The quantitative estimate of drug-likeness (QED) is 0.575. The molecule has 2 heterocycles. The smallest absolute Gasteiger partial charge is 0.193 e. The van der Waals surface area contributed by atoms with Gasteiger partial charge in [0, 0.05) is 29.2 Å². The Hall–Kier alpha value is -1.40. The van der Waals surface area contributed by atoms with Crippen LogP contribution in [0.5, 0.6) is 0 Å². The zero-order valence-electron chi connectivity index (χ0n) is 11.0. The largest absolute Gasteiger partial charge is 0.297 e. The van der Waals surface area contributed by atoms with Crippen molar-refractivity contribution in [2.75, 3.05) is 0 Å². The summed E-state index contributed by atoms with van der Waals surface area (Å²) in [5.74, 6) is 5.70. The van der Waals surface area contributed by atoms with Crippen molar-refractivity contribution < 1.29 is 0 Å². The number of nitrogens with one attached hydrogen (secondary N) is 1. The summed E-state index contributed by atoms with van der Waals surface area (Å²) in [4.78, 5) is 5.57. The molecule has 0 bridgehead atoms. The second-order valence-corrected chi connectivity index (χ2v) is 5.98. The highest BCUT2D eigenvalue weighted by Gasteiger charge is 2.16. The topological polar surface area (TPSA) is 55.3 Å². The average molecular weight is 307 g/mol. The fourth-order valence-electron chi connectivity index (χ4n) is 2.28. The van der Waals surface area contributed by atoms with Crippen LogP contribution in [-0.2, 0) is 6.42 Å². The summed E-state index contributed by atoms with van der Waals surface area (Å²) in [6, 6.07) is 5.93. The molecular formula is C14H15ClN4S. The van der Waals surface area contributed by atoms with Gasteiger partial charge in [-0.3, -0.25) is 15.7 Å². The third kappa shape index (κ3) is 2.45. The number of nitrogens with zero attached hydrogens (tertiary/aromatic N) is 2. The van der Waals surface area contributed by atoms with Gasteiger partial charge in [-0.05, 0) is 18.1 Å². The lowest BCUT2D eigenvalue weighted by Gasteiger charge is -2.17. The number of fused-ring (bicyclic) bond motifs is 1. The number of hydrogen-bond donors (Lipinski definition) is 2. The Balaban J connectivity index is 1.90. The zero-order chi connectivity index (χ0) is 14.1. The number of benzene rings is 1. The van der Waals surface area contributed by atoms with Crippen molar-refractivity contribution in [2.45, 2.75) is 19.4 Å². The van der Waals surface area contributed by atoms with Crippen LogP contribution in [0.4, 0.5) is 0 Å². The minimum absolute atomic E-state index is 0.0491. The van der Waals surface area contributed by atoms with Gasteiger partial charge in [0.05, 0.1) is 11.7 Å². The summed E-state index contributed by atoms with van der Waals surface area (Å²) in [5, 5.41) is 2.78. The van der Waals surface area contributed by atoms with Crippen LogP contribution in [0.15, 0.2) is 36.0 Å². The number of halogens is 1. The summed E-state index contributed by atoms with van der Waals surface area (Å²) in [7, 11) is 0. The number of hydrazine groups is 1. The Bertz CT molecular complexity index is 705. The van der Waals surface area contributed by atoms with E-state index in [1.807, 2.05) is 47.3 Å². The zero-order valence-corrected chi connectivity index (χ0v) is 12.6. The summed E-state index contributed by atoms with van der Waals surface area (Å²) >= 11 is 7.99. The number of thiazole rings is 1. The third-order valence-electron chi connectivity index (χ3n) is 3.35. The Labute approximate surface area is 126 Å². The minimum atomic E-state index is -0.0491. The lowest BCUT2D eigenvalue weighted by atomic mass is 10.0. The van der Waals surface area contributed by atoms with Gasteiger partial charge in [0.25, 0.3) is 0 Å². The molecule has 0 aliphatic heterocycles. The fraction of sp³-hybridized carbons (Fsp3) is 0.214. The molecule has 3 aromatic rings. The SMILES string of the molecule is Cc1cccc(C(Cc2cn3ccsc3n2)NN)c1Cl.